The van der Waals surface area contributed by atoms with Crippen molar-refractivity contribution in [3.8, 4) is 62.7 Å². The Bertz CT molecular complexity index is 1490. The number of hydrogen-bond donors (Lipinski definition) is 2. The second-order valence-electron chi connectivity index (χ2n) is 8.42. The Hall–Kier alpha value is -4.53. The highest BCUT2D eigenvalue weighted by atomic mass is 16.5. The minimum atomic E-state index is -0.505. The summed E-state index contributed by atoms with van der Waals surface area (Å²) >= 11 is 0. The quantitative estimate of drug-likeness (QED) is 0.324. The van der Waals surface area contributed by atoms with E-state index in [0.717, 1.165) is 0 Å². The minimum Gasteiger partial charge on any atom is -0.507 e. The van der Waals surface area contributed by atoms with Gasteiger partial charge in [-0.2, -0.15) is 0 Å². The Kier molecular flexibility index (Phi) is 7.06. The van der Waals surface area contributed by atoms with Crippen molar-refractivity contribution in [2.24, 2.45) is 0 Å². The first-order valence-electron chi connectivity index (χ1n) is 11.4. The molecule has 0 saturated heterocycles. The Morgan fingerprint density at radius 3 is 1.95 bits per heavy atom. The third kappa shape index (κ3) is 4.67. The smallest absolute Gasteiger partial charge is 0.204 e. The van der Waals surface area contributed by atoms with Crippen LogP contribution in [0.5, 0.6) is 40.2 Å². The molecule has 4 aromatic rings. The van der Waals surface area contributed by atoms with Crippen LogP contribution in [0.15, 0.2) is 51.7 Å². The van der Waals surface area contributed by atoms with Gasteiger partial charge in [-0.3, -0.25) is 4.79 Å². The fourth-order valence-corrected chi connectivity index (χ4v) is 4.14. The van der Waals surface area contributed by atoms with Crippen molar-refractivity contribution in [3.63, 3.8) is 0 Å². The lowest BCUT2D eigenvalue weighted by Gasteiger charge is -2.17. The number of rotatable bonds is 8. The molecule has 0 aliphatic carbocycles. The lowest BCUT2D eigenvalue weighted by atomic mass is 9.97. The molecule has 0 aliphatic rings. The Morgan fingerprint density at radius 2 is 1.41 bits per heavy atom. The molecule has 0 fully saturated rings. The summed E-state index contributed by atoms with van der Waals surface area (Å²) < 4.78 is 33.5. The zero-order chi connectivity index (χ0) is 26.9. The van der Waals surface area contributed by atoms with Crippen LogP contribution >= 0.6 is 0 Å². The van der Waals surface area contributed by atoms with E-state index in [-0.39, 0.29) is 45.6 Å². The highest BCUT2D eigenvalue weighted by molar-refractivity contribution is 5.93. The fraction of sp³-hybridized carbons (Fsp3) is 0.250. The molecule has 9 heteroatoms. The van der Waals surface area contributed by atoms with E-state index in [1.165, 1.54) is 40.6 Å². The van der Waals surface area contributed by atoms with Crippen LogP contribution in [0, 0.1) is 0 Å². The predicted molar refractivity (Wildman–Crippen MR) is 139 cm³/mol. The van der Waals surface area contributed by atoms with E-state index in [1.54, 1.807) is 30.3 Å². The number of aromatic hydroxyl groups is 2. The molecule has 9 nitrogen and oxygen atoms in total. The van der Waals surface area contributed by atoms with Crippen LogP contribution in [0.25, 0.3) is 33.4 Å². The third-order valence-corrected chi connectivity index (χ3v) is 5.71. The Balaban J connectivity index is 2.12. The van der Waals surface area contributed by atoms with Gasteiger partial charge in [0.2, 0.25) is 11.2 Å². The number of phenols is 2. The molecule has 4 rings (SSSR count). The molecule has 0 atom stereocenters. The number of hydrogen-bond acceptors (Lipinski definition) is 9. The summed E-state index contributed by atoms with van der Waals surface area (Å²) in [6.07, 6.45) is -0.167. The third-order valence-electron chi connectivity index (χ3n) is 5.71. The van der Waals surface area contributed by atoms with Gasteiger partial charge in [0.1, 0.15) is 28.2 Å². The van der Waals surface area contributed by atoms with E-state index < -0.39 is 5.43 Å². The van der Waals surface area contributed by atoms with Crippen molar-refractivity contribution in [2.75, 3.05) is 28.4 Å². The Morgan fingerprint density at radius 1 is 0.757 bits per heavy atom. The highest BCUT2D eigenvalue weighted by Crippen LogP contribution is 2.44. The fourth-order valence-electron chi connectivity index (χ4n) is 4.14. The summed E-state index contributed by atoms with van der Waals surface area (Å²) in [7, 11) is 5.85. The van der Waals surface area contributed by atoms with Gasteiger partial charge in [0.05, 0.1) is 40.1 Å². The van der Waals surface area contributed by atoms with Gasteiger partial charge in [-0.15, -0.1) is 0 Å². The van der Waals surface area contributed by atoms with Crippen LogP contribution in [0.3, 0.4) is 0 Å². The van der Waals surface area contributed by atoms with Crippen molar-refractivity contribution in [3.05, 3.63) is 52.7 Å². The van der Waals surface area contributed by atoms with E-state index in [0.29, 0.717) is 34.1 Å². The topological polar surface area (TPSA) is 117 Å². The maximum absolute atomic E-state index is 14.0. The SMILES string of the molecule is COc1ccc(-c2oc3cc(OC(C)C)cc(O)c3c(=O)c2-c2cc(OC)c(OC)c(OC)c2)cc1O. The summed E-state index contributed by atoms with van der Waals surface area (Å²) in [4.78, 5) is 14.0. The molecule has 1 heterocycles. The van der Waals surface area contributed by atoms with Crippen LogP contribution in [-0.2, 0) is 0 Å². The number of phenolic OH excluding ortho intramolecular Hbond substituents is 2. The number of benzene rings is 3. The van der Waals surface area contributed by atoms with Crippen molar-refractivity contribution >= 4 is 11.0 Å². The first-order chi connectivity index (χ1) is 17.7. The van der Waals surface area contributed by atoms with Gasteiger partial charge < -0.3 is 38.3 Å². The van der Waals surface area contributed by atoms with Crippen molar-refractivity contribution < 1.29 is 38.3 Å². The Labute approximate surface area is 213 Å². The molecule has 0 aliphatic heterocycles. The van der Waals surface area contributed by atoms with Crippen LogP contribution in [0.1, 0.15) is 13.8 Å². The normalized spacial score (nSPS) is 11.0. The first-order valence-corrected chi connectivity index (χ1v) is 11.4. The molecular formula is C28H28O9. The molecule has 0 bridgehead atoms. The second-order valence-corrected chi connectivity index (χ2v) is 8.42. The average molecular weight is 509 g/mol. The van der Waals surface area contributed by atoms with Crippen molar-refractivity contribution in [1.82, 2.24) is 0 Å². The molecular weight excluding hydrogens is 480 g/mol. The minimum absolute atomic E-state index is 0.0265. The van der Waals surface area contributed by atoms with Gasteiger partial charge in [0.25, 0.3) is 0 Å². The molecule has 0 amide bonds. The summed E-state index contributed by atoms with van der Waals surface area (Å²) in [6.45, 7) is 3.69. The molecule has 0 saturated carbocycles. The van der Waals surface area contributed by atoms with Crippen LogP contribution in [0.4, 0.5) is 0 Å². The molecule has 3 aromatic carbocycles. The molecule has 2 N–H and O–H groups in total. The van der Waals surface area contributed by atoms with Crippen molar-refractivity contribution in [2.45, 2.75) is 20.0 Å². The van der Waals surface area contributed by atoms with Gasteiger partial charge >= 0.3 is 0 Å². The van der Waals surface area contributed by atoms with Gasteiger partial charge in [0, 0.05) is 17.7 Å². The lowest BCUT2D eigenvalue weighted by molar-refractivity contribution is 0.241. The molecule has 0 spiro atoms. The second kappa shape index (κ2) is 10.2. The predicted octanol–water partition coefficient (Wildman–Crippen LogP) is 5.36. The molecule has 194 valence electrons. The number of methoxy groups -OCH3 is 4. The standard InChI is InChI=1S/C28H28O9/c1-14(2)36-17-12-19(30)25-21(13-17)37-27(15-7-8-20(32-3)18(29)9-15)24(26(25)31)16-10-22(33-4)28(35-6)23(11-16)34-5/h7-14,29-30H,1-6H3. The van der Waals surface area contributed by atoms with Gasteiger partial charge in [-0.25, -0.2) is 0 Å². The zero-order valence-corrected chi connectivity index (χ0v) is 21.4. The van der Waals surface area contributed by atoms with Crippen LogP contribution in [-0.4, -0.2) is 44.8 Å². The van der Waals surface area contributed by atoms with E-state index in [9.17, 15) is 15.0 Å². The highest BCUT2D eigenvalue weighted by Gasteiger charge is 2.24. The van der Waals surface area contributed by atoms with Gasteiger partial charge in [0.15, 0.2) is 23.0 Å². The summed E-state index contributed by atoms with van der Waals surface area (Å²) in [6, 6.07) is 10.8. The molecule has 1 aromatic heterocycles. The van der Waals surface area contributed by atoms with E-state index in [1.807, 2.05) is 13.8 Å². The van der Waals surface area contributed by atoms with Crippen LogP contribution in [0.2, 0.25) is 0 Å². The monoisotopic (exact) mass is 508 g/mol. The van der Waals surface area contributed by atoms with Crippen molar-refractivity contribution in [1.29, 1.82) is 0 Å². The molecule has 37 heavy (non-hydrogen) atoms. The van der Waals surface area contributed by atoms with E-state index in [2.05, 4.69) is 0 Å². The first kappa shape index (κ1) is 25.6. The average Bonchev–Trinajstić information content (AvgIpc) is 2.86. The summed E-state index contributed by atoms with van der Waals surface area (Å²) in [5.74, 6) is 1.30. The number of fused-ring (bicyclic) bond motifs is 1. The summed E-state index contributed by atoms with van der Waals surface area (Å²) in [5.41, 5.74) is 0.508. The maximum atomic E-state index is 14.0. The van der Waals surface area contributed by atoms with Gasteiger partial charge in [-0.1, -0.05) is 0 Å². The van der Waals surface area contributed by atoms with E-state index >= 15 is 0 Å². The number of ether oxygens (including phenoxy) is 5. The van der Waals surface area contributed by atoms with E-state index in [4.69, 9.17) is 28.1 Å². The molecule has 0 unspecified atom stereocenters. The van der Waals surface area contributed by atoms with Gasteiger partial charge in [-0.05, 0) is 49.7 Å². The lowest BCUT2D eigenvalue weighted by Crippen LogP contribution is -2.10. The maximum Gasteiger partial charge on any atom is 0.204 e. The zero-order valence-electron chi connectivity index (χ0n) is 21.4. The largest absolute Gasteiger partial charge is 0.507 e. The van der Waals surface area contributed by atoms with Crippen LogP contribution < -0.4 is 29.1 Å². The summed E-state index contributed by atoms with van der Waals surface area (Å²) in [5, 5.41) is 21.2. The molecule has 0 radical (unpaired) electrons.